The molecule has 0 saturated carbocycles. The first-order chi connectivity index (χ1) is 14.6. The number of likely N-dealkylation sites (tertiary alicyclic amines) is 1. The molecule has 1 aliphatic rings. The van der Waals surface area contributed by atoms with Crippen LogP contribution in [0.25, 0.3) is 28.1 Å². The van der Waals surface area contributed by atoms with Crippen LogP contribution in [-0.4, -0.2) is 49.4 Å². The summed E-state index contributed by atoms with van der Waals surface area (Å²) in [5.41, 5.74) is 10.00. The van der Waals surface area contributed by atoms with Crippen LogP contribution in [0.15, 0.2) is 53.6 Å². The Balaban J connectivity index is 1.54. The van der Waals surface area contributed by atoms with E-state index in [4.69, 9.17) is 10.7 Å². The number of aromatic nitrogens is 4. The van der Waals surface area contributed by atoms with E-state index >= 15 is 0 Å². The monoisotopic (exact) mass is 418 g/mol. The highest BCUT2D eigenvalue weighted by atomic mass is 32.2. The smallest absolute Gasteiger partial charge is 0.187 e. The number of fused-ring (bicyclic) bond motifs is 2. The summed E-state index contributed by atoms with van der Waals surface area (Å²) in [6.45, 7) is 6.39. The van der Waals surface area contributed by atoms with Crippen LogP contribution in [0, 0.1) is 0 Å². The quantitative estimate of drug-likeness (QED) is 0.491. The van der Waals surface area contributed by atoms with E-state index in [2.05, 4.69) is 69.9 Å². The largest absolute Gasteiger partial charge is 0.326 e. The van der Waals surface area contributed by atoms with Gasteiger partial charge in [0.15, 0.2) is 11.5 Å². The molecule has 30 heavy (non-hydrogen) atoms. The Bertz CT molecular complexity index is 1200. The maximum atomic E-state index is 6.11. The molecule has 0 bridgehead atoms. The summed E-state index contributed by atoms with van der Waals surface area (Å²) >= 11 is 1.83. The Morgan fingerprint density at radius 2 is 2.03 bits per heavy atom. The van der Waals surface area contributed by atoms with E-state index in [1.807, 2.05) is 23.9 Å². The van der Waals surface area contributed by atoms with Crippen molar-refractivity contribution in [2.75, 3.05) is 18.8 Å². The lowest BCUT2D eigenvalue weighted by Crippen LogP contribution is -2.28. The van der Waals surface area contributed by atoms with Gasteiger partial charge < -0.3 is 5.73 Å². The van der Waals surface area contributed by atoms with Gasteiger partial charge in [-0.25, -0.2) is 4.98 Å². The van der Waals surface area contributed by atoms with Crippen molar-refractivity contribution in [2.24, 2.45) is 5.73 Å². The van der Waals surface area contributed by atoms with Crippen molar-refractivity contribution in [2.45, 2.75) is 37.2 Å². The van der Waals surface area contributed by atoms with Crippen LogP contribution in [0.5, 0.6) is 0 Å². The second kappa shape index (κ2) is 7.98. The molecule has 1 fully saturated rings. The van der Waals surface area contributed by atoms with Crippen molar-refractivity contribution >= 4 is 28.3 Å². The summed E-state index contributed by atoms with van der Waals surface area (Å²) in [7, 11) is 0. The maximum absolute atomic E-state index is 6.11. The Kier molecular flexibility index (Phi) is 5.18. The number of rotatable bonds is 5. The number of nitrogens with zero attached hydrogens (tertiary/aromatic N) is 5. The predicted octanol–water partition coefficient (Wildman–Crippen LogP) is 4.15. The van der Waals surface area contributed by atoms with Gasteiger partial charge in [-0.2, -0.15) is 0 Å². The molecule has 0 spiro atoms. The van der Waals surface area contributed by atoms with Gasteiger partial charge in [0.1, 0.15) is 5.69 Å². The molecule has 3 aromatic heterocycles. The number of benzene rings is 1. The van der Waals surface area contributed by atoms with Gasteiger partial charge in [0, 0.05) is 41.7 Å². The van der Waals surface area contributed by atoms with Crippen LogP contribution in [-0.2, 0) is 0 Å². The van der Waals surface area contributed by atoms with E-state index in [1.54, 1.807) is 0 Å². The Morgan fingerprint density at radius 1 is 1.17 bits per heavy atom. The fraction of sp³-hybridized carbons (Fsp3) is 0.348. The average Bonchev–Trinajstić information content (AvgIpc) is 3.38. The van der Waals surface area contributed by atoms with Gasteiger partial charge in [-0.3, -0.25) is 9.30 Å². The molecule has 7 heteroatoms. The highest BCUT2D eigenvalue weighted by Gasteiger charge is 2.25. The van der Waals surface area contributed by atoms with Crippen LogP contribution < -0.4 is 5.73 Å². The summed E-state index contributed by atoms with van der Waals surface area (Å²) in [4.78, 5) is 8.59. The van der Waals surface area contributed by atoms with E-state index in [-0.39, 0.29) is 6.04 Å². The molecule has 6 nitrogen and oxygen atoms in total. The third-order valence-corrected chi connectivity index (χ3v) is 6.79. The van der Waals surface area contributed by atoms with Gasteiger partial charge >= 0.3 is 0 Å². The molecule has 0 unspecified atom stereocenters. The van der Waals surface area contributed by atoms with Crippen molar-refractivity contribution in [1.29, 1.82) is 0 Å². The second-order valence-electron chi connectivity index (χ2n) is 7.92. The van der Waals surface area contributed by atoms with Gasteiger partial charge in [0.25, 0.3) is 0 Å². The van der Waals surface area contributed by atoms with Crippen molar-refractivity contribution in [1.82, 2.24) is 24.5 Å². The zero-order valence-electron chi connectivity index (χ0n) is 17.3. The Hall–Kier alpha value is -2.48. The van der Waals surface area contributed by atoms with Crippen molar-refractivity contribution in [3.63, 3.8) is 0 Å². The zero-order valence-corrected chi connectivity index (χ0v) is 18.1. The van der Waals surface area contributed by atoms with E-state index in [0.29, 0.717) is 6.04 Å². The Labute approximate surface area is 180 Å². The minimum absolute atomic E-state index is 0.277. The number of thioether (sulfide) groups is 1. The minimum atomic E-state index is 0.277. The molecule has 0 aliphatic carbocycles. The van der Waals surface area contributed by atoms with E-state index in [0.717, 1.165) is 53.3 Å². The van der Waals surface area contributed by atoms with E-state index in [1.165, 1.54) is 10.5 Å². The first-order valence-electron chi connectivity index (χ1n) is 10.5. The summed E-state index contributed by atoms with van der Waals surface area (Å²) in [5.74, 6) is 1.82. The third kappa shape index (κ3) is 3.57. The molecule has 1 aromatic carbocycles. The zero-order chi connectivity index (χ0) is 20.7. The standard InChI is InChI=1S/C23H26N6S/c1-3-30-19-7-4-16-5-8-20(25-21(16)12-19)23-27-26-22-9-6-17(13-29(22)23)15(2)28-11-10-18(24)14-28/h4-9,12-13,15,18H,3,10-11,14,24H2,1-2H3/t15-,18-/m0/s1. The van der Waals surface area contributed by atoms with Crippen LogP contribution >= 0.6 is 11.8 Å². The van der Waals surface area contributed by atoms with Crippen molar-refractivity contribution < 1.29 is 0 Å². The number of nitrogens with two attached hydrogens (primary N) is 1. The fourth-order valence-corrected chi connectivity index (χ4v) is 4.88. The summed E-state index contributed by atoms with van der Waals surface area (Å²) in [6.07, 6.45) is 3.21. The number of pyridine rings is 2. The topological polar surface area (TPSA) is 72.3 Å². The summed E-state index contributed by atoms with van der Waals surface area (Å²) < 4.78 is 2.06. The maximum Gasteiger partial charge on any atom is 0.187 e. The van der Waals surface area contributed by atoms with Gasteiger partial charge in [0.05, 0.1) is 5.52 Å². The molecular formula is C23H26N6S. The van der Waals surface area contributed by atoms with Gasteiger partial charge in [0.2, 0.25) is 0 Å². The first kappa shape index (κ1) is 19.5. The average molecular weight is 419 g/mol. The molecule has 2 N–H and O–H groups in total. The van der Waals surface area contributed by atoms with Gasteiger partial charge in [-0.1, -0.05) is 25.1 Å². The van der Waals surface area contributed by atoms with Crippen molar-refractivity contribution in [3.05, 3.63) is 54.2 Å². The molecule has 1 saturated heterocycles. The molecule has 4 aromatic rings. The van der Waals surface area contributed by atoms with E-state index < -0.39 is 0 Å². The van der Waals surface area contributed by atoms with E-state index in [9.17, 15) is 0 Å². The first-order valence-corrected chi connectivity index (χ1v) is 11.5. The number of hydrogen-bond donors (Lipinski definition) is 1. The van der Waals surface area contributed by atoms with Crippen molar-refractivity contribution in [3.8, 4) is 11.5 Å². The highest BCUT2D eigenvalue weighted by molar-refractivity contribution is 7.99. The van der Waals surface area contributed by atoms with Crippen LogP contribution in [0.1, 0.15) is 31.9 Å². The van der Waals surface area contributed by atoms with Crippen LogP contribution in [0.3, 0.4) is 0 Å². The summed E-state index contributed by atoms with van der Waals surface area (Å²) in [5, 5.41) is 9.95. The Morgan fingerprint density at radius 3 is 2.83 bits per heavy atom. The fourth-order valence-electron chi connectivity index (χ4n) is 4.18. The normalized spacial score (nSPS) is 18.4. The molecule has 0 radical (unpaired) electrons. The molecule has 2 atom stereocenters. The summed E-state index contributed by atoms with van der Waals surface area (Å²) in [6, 6.07) is 15.3. The lowest BCUT2D eigenvalue weighted by Gasteiger charge is -2.24. The predicted molar refractivity (Wildman–Crippen MR) is 123 cm³/mol. The molecule has 4 heterocycles. The number of hydrogen-bond acceptors (Lipinski definition) is 6. The molecule has 5 rings (SSSR count). The third-order valence-electron chi connectivity index (χ3n) is 5.92. The molecule has 154 valence electrons. The minimum Gasteiger partial charge on any atom is -0.326 e. The SMILES string of the molecule is CCSc1ccc2ccc(-c3nnc4ccc([C@H](C)N5CC[C@H](N)C5)cn34)nc2c1. The molecule has 1 aliphatic heterocycles. The second-order valence-corrected chi connectivity index (χ2v) is 9.26. The molecular weight excluding hydrogens is 392 g/mol. The van der Waals surface area contributed by atoms with Gasteiger partial charge in [-0.05, 0) is 48.9 Å². The highest BCUT2D eigenvalue weighted by Crippen LogP contribution is 2.28. The van der Waals surface area contributed by atoms with Gasteiger partial charge in [-0.15, -0.1) is 22.0 Å². The van der Waals surface area contributed by atoms with Crippen LogP contribution in [0.4, 0.5) is 0 Å². The van der Waals surface area contributed by atoms with Crippen LogP contribution in [0.2, 0.25) is 0 Å². The lowest BCUT2D eigenvalue weighted by atomic mass is 10.1. The molecule has 0 amide bonds. The lowest BCUT2D eigenvalue weighted by molar-refractivity contribution is 0.259.